The van der Waals surface area contributed by atoms with E-state index in [9.17, 15) is 0 Å². The first-order chi connectivity index (χ1) is 10.2. The third kappa shape index (κ3) is 4.57. The first-order valence-electron chi connectivity index (χ1n) is 7.11. The van der Waals surface area contributed by atoms with Crippen LogP contribution in [0.3, 0.4) is 0 Å². The van der Waals surface area contributed by atoms with Gasteiger partial charge in [0.15, 0.2) is 0 Å². The Morgan fingerprint density at radius 3 is 2.33 bits per heavy atom. The number of halogens is 1. The highest BCUT2D eigenvalue weighted by Crippen LogP contribution is 2.30. The number of hydrogen-bond donors (Lipinski definition) is 1. The highest BCUT2D eigenvalue weighted by atomic mass is 35.5. The first-order valence-corrected chi connectivity index (χ1v) is 7.48. The Morgan fingerprint density at radius 1 is 0.952 bits per heavy atom. The smallest absolute Gasteiger partial charge is 0.142 e. The number of hydrogen-bond acceptors (Lipinski definition) is 3. The minimum absolute atomic E-state index is 0.629. The molecule has 3 nitrogen and oxygen atoms in total. The van der Waals surface area contributed by atoms with Gasteiger partial charge in [-0.1, -0.05) is 23.7 Å². The van der Waals surface area contributed by atoms with Crippen molar-refractivity contribution in [1.29, 1.82) is 0 Å². The van der Waals surface area contributed by atoms with Crippen LogP contribution in [0.2, 0.25) is 5.02 Å². The summed E-state index contributed by atoms with van der Waals surface area (Å²) in [5, 5.41) is 4.13. The molecule has 2 rings (SSSR count). The molecule has 0 fully saturated rings. The van der Waals surface area contributed by atoms with Crippen LogP contribution < -0.4 is 14.8 Å². The van der Waals surface area contributed by atoms with Crippen molar-refractivity contribution in [3.63, 3.8) is 0 Å². The molecule has 0 unspecified atom stereocenters. The van der Waals surface area contributed by atoms with Crippen molar-refractivity contribution in [2.45, 2.75) is 20.4 Å². The molecule has 1 N–H and O–H groups in total. The zero-order valence-corrected chi connectivity index (χ0v) is 13.1. The summed E-state index contributed by atoms with van der Waals surface area (Å²) in [7, 11) is 0. The molecule has 4 heteroatoms. The van der Waals surface area contributed by atoms with Gasteiger partial charge in [0, 0.05) is 17.6 Å². The number of benzene rings is 2. The van der Waals surface area contributed by atoms with E-state index >= 15 is 0 Å². The van der Waals surface area contributed by atoms with Crippen molar-refractivity contribution >= 4 is 17.3 Å². The van der Waals surface area contributed by atoms with Gasteiger partial charge < -0.3 is 14.8 Å². The Kier molecular flexibility index (Phi) is 5.76. The number of ether oxygens (including phenoxy) is 2. The lowest BCUT2D eigenvalue weighted by atomic mass is 10.2. The largest absolute Gasteiger partial charge is 0.494 e. The van der Waals surface area contributed by atoms with E-state index in [1.54, 1.807) is 0 Å². The molecule has 21 heavy (non-hydrogen) atoms. The van der Waals surface area contributed by atoms with Gasteiger partial charge in [0.25, 0.3) is 0 Å². The maximum atomic E-state index is 5.89. The lowest BCUT2D eigenvalue weighted by Crippen LogP contribution is -2.03. The second-order valence-electron chi connectivity index (χ2n) is 4.50. The predicted octanol–water partition coefficient (Wildman–Crippen LogP) is 4.75. The summed E-state index contributed by atoms with van der Waals surface area (Å²) < 4.78 is 11.2. The normalized spacial score (nSPS) is 10.2. The molecule has 0 atom stereocenters. The van der Waals surface area contributed by atoms with Crippen LogP contribution in [0.1, 0.15) is 19.4 Å². The van der Waals surface area contributed by atoms with Crippen LogP contribution >= 0.6 is 11.6 Å². The van der Waals surface area contributed by atoms with Crippen LogP contribution in [0.5, 0.6) is 11.5 Å². The molecule has 0 aliphatic rings. The molecule has 0 saturated carbocycles. The van der Waals surface area contributed by atoms with E-state index in [2.05, 4.69) is 5.32 Å². The fraction of sp³-hybridized carbons (Fsp3) is 0.294. The average Bonchev–Trinajstić information content (AvgIpc) is 2.49. The minimum atomic E-state index is 0.629. The fourth-order valence-electron chi connectivity index (χ4n) is 1.98. The number of nitrogens with one attached hydrogen (secondary N) is 1. The van der Waals surface area contributed by atoms with Gasteiger partial charge in [-0.25, -0.2) is 0 Å². The molecule has 0 saturated heterocycles. The third-order valence-corrected chi connectivity index (χ3v) is 3.21. The zero-order chi connectivity index (χ0) is 15.1. The Balaban J connectivity index is 2.11. The first kappa shape index (κ1) is 15.5. The van der Waals surface area contributed by atoms with Crippen molar-refractivity contribution in [3.05, 3.63) is 53.1 Å². The van der Waals surface area contributed by atoms with Crippen molar-refractivity contribution < 1.29 is 9.47 Å². The van der Waals surface area contributed by atoms with Crippen LogP contribution in [0.25, 0.3) is 0 Å². The predicted molar refractivity (Wildman–Crippen MR) is 87.6 cm³/mol. The van der Waals surface area contributed by atoms with Crippen molar-refractivity contribution in [1.82, 2.24) is 0 Å². The van der Waals surface area contributed by atoms with Gasteiger partial charge in [-0.05, 0) is 43.7 Å². The summed E-state index contributed by atoms with van der Waals surface area (Å²) in [5.41, 5.74) is 2.08. The lowest BCUT2D eigenvalue weighted by molar-refractivity contribution is 0.332. The third-order valence-electron chi connectivity index (χ3n) is 2.96. The Hall–Kier alpha value is -1.87. The molecule has 0 spiro atoms. The molecular formula is C17H20ClNO2. The molecule has 2 aromatic carbocycles. The Bertz CT molecular complexity index is 570. The summed E-state index contributed by atoms with van der Waals surface area (Å²) in [6.07, 6.45) is 0. The second-order valence-corrected chi connectivity index (χ2v) is 4.94. The maximum Gasteiger partial charge on any atom is 0.142 e. The van der Waals surface area contributed by atoms with Gasteiger partial charge in [-0.2, -0.15) is 0 Å². The van der Waals surface area contributed by atoms with Crippen LogP contribution in [-0.4, -0.2) is 13.2 Å². The van der Waals surface area contributed by atoms with Crippen LogP contribution in [0.4, 0.5) is 5.69 Å². The van der Waals surface area contributed by atoms with Gasteiger partial charge in [0.2, 0.25) is 0 Å². The molecule has 0 radical (unpaired) electrons. The fourth-order valence-corrected chi connectivity index (χ4v) is 2.11. The minimum Gasteiger partial charge on any atom is -0.494 e. The summed E-state index contributed by atoms with van der Waals surface area (Å²) in [4.78, 5) is 0. The van der Waals surface area contributed by atoms with E-state index in [4.69, 9.17) is 21.1 Å². The zero-order valence-electron chi connectivity index (χ0n) is 12.4. The summed E-state index contributed by atoms with van der Waals surface area (Å²) in [6.45, 7) is 5.91. The molecule has 2 aromatic rings. The van der Waals surface area contributed by atoms with Crippen LogP contribution in [0, 0.1) is 0 Å². The van der Waals surface area contributed by atoms with Crippen molar-refractivity contribution in [3.8, 4) is 11.5 Å². The van der Waals surface area contributed by atoms with Crippen molar-refractivity contribution in [2.75, 3.05) is 18.5 Å². The van der Waals surface area contributed by atoms with Crippen LogP contribution in [-0.2, 0) is 6.54 Å². The number of rotatable bonds is 7. The van der Waals surface area contributed by atoms with Crippen molar-refractivity contribution in [2.24, 2.45) is 0 Å². The topological polar surface area (TPSA) is 30.5 Å². The molecule has 0 aliphatic carbocycles. The van der Waals surface area contributed by atoms with E-state index in [1.807, 2.05) is 56.3 Å². The monoisotopic (exact) mass is 305 g/mol. The SMILES string of the molecule is CCOc1ccc(OCC)c(NCc2ccc(Cl)cc2)c1. The van der Waals surface area contributed by atoms with E-state index in [-0.39, 0.29) is 0 Å². The molecule has 0 aliphatic heterocycles. The standard InChI is InChI=1S/C17H20ClNO2/c1-3-20-15-9-10-17(21-4-2)16(11-15)19-12-13-5-7-14(18)8-6-13/h5-11,19H,3-4,12H2,1-2H3. The second kappa shape index (κ2) is 7.79. The van der Waals surface area contributed by atoms with Gasteiger partial charge >= 0.3 is 0 Å². The summed E-state index contributed by atoms with van der Waals surface area (Å²) in [6, 6.07) is 13.6. The van der Waals surface area contributed by atoms with E-state index in [0.29, 0.717) is 19.8 Å². The number of anilines is 1. The van der Waals surface area contributed by atoms with E-state index in [0.717, 1.165) is 27.8 Å². The molecule has 112 valence electrons. The van der Waals surface area contributed by atoms with Gasteiger partial charge in [0.1, 0.15) is 11.5 Å². The Labute approximate surface area is 130 Å². The Morgan fingerprint density at radius 2 is 1.67 bits per heavy atom. The van der Waals surface area contributed by atoms with Gasteiger partial charge in [-0.3, -0.25) is 0 Å². The molecule has 0 aromatic heterocycles. The summed E-state index contributed by atoms with van der Waals surface area (Å²) >= 11 is 5.89. The quantitative estimate of drug-likeness (QED) is 0.800. The molecule has 0 heterocycles. The highest BCUT2D eigenvalue weighted by molar-refractivity contribution is 6.30. The lowest BCUT2D eigenvalue weighted by Gasteiger charge is -2.14. The van der Waals surface area contributed by atoms with Crippen LogP contribution in [0.15, 0.2) is 42.5 Å². The maximum absolute atomic E-state index is 5.89. The highest BCUT2D eigenvalue weighted by Gasteiger charge is 2.06. The molecule has 0 bridgehead atoms. The average molecular weight is 306 g/mol. The van der Waals surface area contributed by atoms with Gasteiger partial charge in [0.05, 0.1) is 18.9 Å². The van der Waals surface area contributed by atoms with Gasteiger partial charge in [-0.15, -0.1) is 0 Å². The van der Waals surface area contributed by atoms with E-state index in [1.165, 1.54) is 0 Å². The summed E-state index contributed by atoms with van der Waals surface area (Å²) in [5.74, 6) is 1.66. The molecule has 0 amide bonds. The molecular weight excluding hydrogens is 286 g/mol. The van der Waals surface area contributed by atoms with E-state index < -0.39 is 0 Å².